The van der Waals surface area contributed by atoms with E-state index in [1.54, 1.807) is 18.4 Å². The largest absolute Gasteiger partial charge is 0.461 e. The summed E-state index contributed by atoms with van der Waals surface area (Å²) in [6.45, 7) is 0. The lowest BCUT2D eigenvalue weighted by Gasteiger charge is -1.98. The molecule has 0 unspecified atom stereocenters. The second-order valence-corrected chi connectivity index (χ2v) is 4.42. The van der Waals surface area contributed by atoms with Gasteiger partial charge in [0.2, 0.25) is 5.78 Å². The van der Waals surface area contributed by atoms with Crippen molar-refractivity contribution in [1.82, 2.24) is 4.98 Å². The molecular formula is C16H13NO3. The van der Waals surface area contributed by atoms with Crippen molar-refractivity contribution >= 4 is 5.78 Å². The number of Topliss-reactive ketones (excluding diaryl/α,β-unsaturated/α-hetero) is 1. The Morgan fingerprint density at radius 1 is 1.05 bits per heavy atom. The number of aromatic nitrogens is 1. The van der Waals surface area contributed by atoms with Gasteiger partial charge in [0.1, 0.15) is 0 Å². The van der Waals surface area contributed by atoms with Gasteiger partial charge in [-0.15, -0.1) is 0 Å². The highest BCUT2D eigenvalue weighted by Crippen LogP contribution is 2.21. The second-order valence-electron chi connectivity index (χ2n) is 4.42. The van der Waals surface area contributed by atoms with E-state index in [1.807, 2.05) is 30.3 Å². The van der Waals surface area contributed by atoms with Gasteiger partial charge in [-0.05, 0) is 24.1 Å². The molecule has 1 aromatic carbocycles. The number of furan rings is 1. The third-order valence-corrected chi connectivity index (χ3v) is 2.99. The molecule has 100 valence electrons. The summed E-state index contributed by atoms with van der Waals surface area (Å²) in [4.78, 5) is 16.0. The highest BCUT2D eigenvalue weighted by atomic mass is 16.4. The summed E-state index contributed by atoms with van der Waals surface area (Å²) in [5.74, 6) is 1.07. The van der Waals surface area contributed by atoms with Gasteiger partial charge in [-0.2, -0.15) is 0 Å². The molecule has 0 N–H and O–H groups in total. The van der Waals surface area contributed by atoms with Gasteiger partial charge in [0, 0.05) is 6.42 Å². The molecule has 4 nitrogen and oxygen atoms in total. The van der Waals surface area contributed by atoms with Crippen molar-refractivity contribution in [3.8, 4) is 11.5 Å². The summed E-state index contributed by atoms with van der Waals surface area (Å²) >= 11 is 0. The van der Waals surface area contributed by atoms with E-state index in [-0.39, 0.29) is 11.7 Å². The van der Waals surface area contributed by atoms with E-state index in [1.165, 1.54) is 6.20 Å². The van der Waals surface area contributed by atoms with Crippen LogP contribution in [-0.4, -0.2) is 10.8 Å². The van der Waals surface area contributed by atoms with E-state index in [0.717, 1.165) is 5.56 Å². The highest BCUT2D eigenvalue weighted by molar-refractivity contribution is 5.92. The number of rotatable bonds is 5. The maximum atomic E-state index is 12.0. The molecule has 2 heterocycles. The number of oxazole rings is 1. The molecule has 0 saturated heterocycles. The van der Waals surface area contributed by atoms with E-state index < -0.39 is 0 Å². The molecule has 0 radical (unpaired) electrons. The summed E-state index contributed by atoms with van der Waals surface area (Å²) in [7, 11) is 0. The van der Waals surface area contributed by atoms with Crippen molar-refractivity contribution in [1.29, 1.82) is 0 Å². The van der Waals surface area contributed by atoms with Crippen LogP contribution in [0.3, 0.4) is 0 Å². The molecule has 2 aromatic heterocycles. The second kappa shape index (κ2) is 5.57. The van der Waals surface area contributed by atoms with Crippen LogP contribution in [0.4, 0.5) is 0 Å². The number of carbonyl (C=O) groups is 1. The summed E-state index contributed by atoms with van der Waals surface area (Å²) in [5, 5.41) is 0. The Kier molecular flexibility index (Phi) is 3.46. The van der Waals surface area contributed by atoms with E-state index in [2.05, 4.69) is 4.98 Å². The van der Waals surface area contributed by atoms with Gasteiger partial charge >= 0.3 is 0 Å². The van der Waals surface area contributed by atoms with Gasteiger partial charge in [0.25, 0.3) is 5.89 Å². The van der Waals surface area contributed by atoms with Gasteiger partial charge in [-0.25, -0.2) is 4.98 Å². The van der Waals surface area contributed by atoms with Crippen LogP contribution in [0.5, 0.6) is 0 Å². The Morgan fingerprint density at radius 3 is 2.65 bits per heavy atom. The van der Waals surface area contributed by atoms with Crippen molar-refractivity contribution in [3.05, 3.63) is 66.4 Å². The Labute approximate surface area is 116 Å². The zero-order chi connectivity index (χ0) is 13.8. The fourth-order valence-electron chi connectivity index (χ4n) is 1.95. The maximum absolute atomic E-state index is 12.0. The summed E-state index contributed by atoms with van der Waals surface area (Å²) in [5.41, 5.74) is 1.12. The first-order chi connectivity index (χ1) is 9.83. The number of ketones is 1. The molecule has 0 spiro atoms. The number of aryl methyl sites for hydroxylation is 1. The molecular weight excluding hydrogens is 254 g/mol. The Bertz CT molecular complexity index is 684. The zero-order valence-corrected chi connectivity index (χ0v) is 10.8. The molecule has 0 aliphatic rings. The Morgan fingerprint density at radius 2 is 1.90 bits per heavy atom. The summed E-state index contributed by atoms with van der Waals surface area (Å²) in [6.07, 6.45) is 4.11. The first-order valence-electron chi connectivity index (χ1n) is 6.40. The minimum absolute atomic E-state index is 0.105. The highest BCUT2D eigenvalue weighted by Gasteiger charge is 2.15. The predicted molar refractivity (Wildman–Crippen MR) is 73.3 cm³/mol. The molecule has 0 bridgehead atoms. The van der Waals surface area contributed by atoms with Crippen LogP contribution in [0.1, 0.15) is 22.7 Å². The normalized spacial score (nSPS) is 10.6. The maximum Gasteiger partial charge on any atom is 0.263 e. The number of nitrogens with zero attached hydrogens (tertiary/aromatic N) is 1. The third kappa shape index (κ3) is 2.69. The Hall–Kier alpha value is -2.62. The Balaban J connectivity index is 1.66. The SMILES string of the molecule is O=C(CCc1ccccc1)c1ncc(-c2ccco2)o1. The van der Waals surface area contributed by atoms with E-state index in [9.17, 15) is 4.79 Å². The summed E-state index contributed by atoms with van der Waals surface area (Å²) < 4.78 is 10.6. The molecule has 0 fully saturated rings. The zero-order valence-electron chi connectivity index (χ0n) is 10.8. The average molecular weight is 267 g/mol. The van der Waals surface area contributed by atoms with Crippen LogP contribution in [-0.2, 0) is 6.42 Å². The molecule has 3 rings (SSSR count). The average Bonchev–Trinajstić information content (AvgIpc) is 3.16. The van der Waals surface area contributed by atoms with Crippen LogP contribution in [0.2, 0.25) is 0 Å². The molecule has 4 heteroatoms. The number of carbonyl (C=O) groups excluding carboxylic acids is 1. The van der Waals surface area contributed by atoms with Crippen LogP contribution >= 0.6 is 0 Å². The quantitative estimate of drug-likeness (QED) is 0.660. The molecule has 0 amide bonds. The van der Waals surface area contributed by atoms with Crippen molar-refractivity contribution in [3.63, 3.8) is 0 Å². The molecule has 0 aliphatic carbocycles. The van der Waals surface area contributed by atoms with E-state index in [0.29, 0.717) is 24.4 Å². The lowest BCUT2D eigenvalue weighted by atomic mass is 10.1. The molecule has 0 atom stereocenters. The van der Waals surface area contributed by atoms with Crippen LogP contribution < -0.4 is 0 Å². The standard InChI is InChI=1S/C16H13NO3/c18-13(9-8-12-5-2-1-3-6-12)16-17-11-15(20-16)14-7-4-10-19-14/h1-7,10-11H,8-9H2. The molecule has 0 aliphatic heterocycles. The smallest absolute Gasteiger partial charge is 0.263 e. The van der Waals surface area contributed by atoms with Gasteiger partial charge in [0.15, 0.2) is 11.5 Å². The van der Waals surface area contributed by atoms with E-state index in [4.69, 9.17) is 8.83 Å². The molecule has 3 aromatic rings. The van der Waals surface area contributed by atoms with Crippen LogP contribution in [0.25, 0.3) is 11.5 Å². The first-order valence-corrected chi connectivity index (χ1v) is 6.40. The minimum Gasteiger partial charge on any atom is -0.461 e. The molecule has 20 heavy (non-hydrogen) atoms. The molecule has 0 saturated carbocycles. The lowest BCUT2D eigenvalue weighted by Crippen LogP contribution is -2.01. The van der Waals surface area contributed by atoms with Gasteiger partial charge in [0.05, 0.1) is 12.5 Å². The van der Waals surface area contributed by atoms with Crippen molar-refractivity contribution in [2.24, 2.45) is 0 Å². The van der Waals surface area contributed by atoms with Crippen molar-refractivity contribution in [2.75, 3.05) is 0 Å². The van der Waals surface area contributed by atoms with Gasteiger partial charge < -0.3 is 8.83 Å². The van der Waals surface area contributed by atoms with Gasteiger partial charge in [-0.3, -0.25) is 4.79 Å². The topological polar surface area (TPSA) is 56.2 Å². The summed E-state index contributed by atoms with van der Waals surface area (Å²) in [6, 6.07) is 13.4. The van der Waals surface area contributed by atoms with Crippen LogP contribution in [0.15, 0.2) is 63.8 Å². The number of hydrogen-bond acceptors (Lipinski definition) is 4. The fourth-order valence-corrected chi connectivity index (χ4v) is 1.95. The minimum atomic E-state index is -0.105. The van der Waals surface area contributed by atoms with Crippen molar-refractivity contribution in [2.45, 2.75) is 12.8 Å². The van der Waals surface area contributed by atoms with Gasteiger partial charge in [-0.1, -0.05) is 30.3 Å². The fraction of sp³-hybridized carbons (Fsp3) is 0.125. The predicted octanol–water partition coefficient (Wildman–Crippen LogP) is 3.75. The number of hydrogen-bond donors (Lipinski definition) is 0. The lowest BCUT2D eigenvalue weighted by molar-refractivity contribution is 0.0950. The third-order valence-electron chi connectivity index (χ3n) is 2.99. The first kappa shape index (κ1) is 12.4. The van der Waals surface area contributed by atoms with Crippen molar-refractivity contribution < 1.29 is 13.6 Å². The van der Waals surface area contributed by atoms with E-state index >= 15 is 0 Å². The number of benzene rings is 1. The monoisotopic (exact) mass is 267 g/mol. The van der Waals surface area contributed by atoms with Crippen LogP contribution in [0, 0.1) is 0 Å².